The van der Waals surface area contributed by atoms with Crippen molar-refractivity contribution in [2.24, 2.45) is 5.92 Å². The van der Waals surface area contributed by atoms with Gasteiger partial charge in [0.2, 0.25) is 17.4 Å². The lowest BCUT2D eigenvalue weighted by Crippen LogP contribution is -2.53. The Morgan fingerprint density at radius 2 is 1.61 bits per heavy atom. The van der Waals surface area contributed by atoms with E-state index in [1.807, 2.05) is 30.5 Å². The molecule has 57 heavy (non-hydrogen) atoms. The number of pyridine rings is 1. The highest BCUT2D eigenvalue weighted by atomic mass is 19.4. The Morgan fingerprint density at radius 1 is 0.860 bits per heavy atom. The van der Waals surface area contributed by atoms with Crippen LogP contribution in [-0.4, -0.2) is 64.8 Å². The van der Waals surface area contributed by atoms with Crippen molar-refractivity contribution >= 4 is 51.5 Å². The molecule has 4 amide bonds. The number of alkyl carbamates (subject to hydrolysis) is 2. The molecule has 2 atom stereocenters. The molecule has 1 aliphatic carbocycles. The summed E-state index contributed by atoms with van der Waals surface area (Å²) in [5.41, 5.74) is -0.874. The minimum absolute atomic E-state index is 0.0648. The first-order valence-electron chi connectivity index (χ1n) is 19.4. The van der Waals surface area contributed by atoms with Crippen molar-refractivity contribution in [2.75, 3.05) is 18.5 Å². The van der Waals surface area contributed by atoms with Crippen LogP contribution in [0.5, 0.6) is 0 Å². The van der Waals surface area contributed by atoms with Crippen LogP contribution >= 0.6 is 0 Å². The van der Waals surface area contributed by atoms with Crippen LogP contribution < -0.4 is 26.8 Å². The third kappa shape index (κ3) is 12.7. The third-order valence-corrected chi connectivity index (χ3v) is 9.82. The van der Waals surface area contributed by atoms with Crippen LogP contribution in [0.25, 0.3) is 21.8 Å². The van der Waals surface area contributed by atoms with E-state index < -0.39 is 59.0 Å². The number of unbranched alkanes of at least 4 members (excludes halogenated alkanes) is 1. The summed E-state index contributed by atoms with van der Waals surface area (Å²) >= 11 is 0. The van der Waals surface area contributed by atoms with Crippen LogP contribution in [0.15, 0.2) is 59.5 Å². The number of benzene rings is 2. The first-order chi connectivity index (χ1) is 27.1. The van der Waals surface area contributed by atoms with Gasteiger partial charge in [0.15, 0.2) is 0 Å². The fraction of sp³-hybridized carbons (Fsp3) is 0.488. The quantitative estimate of drug-likeness (QED) is 0.0675. The molecule has 1 aliphatic rings. The van der Waals surface area contributed by atoms with Gasteiger partial charge in [-0.15, -0.1) is 0 Å². The maximum absolute atomic E-state index is 14.0. The molecule has 4 aromatic rings. The molecule has 1 saturated carbocycles. The highest BCUT2D eigenvalue weighted by Gasteiger charge is 2.34. The van der Waals surface area contributed by atoms with Gasteiger partial charge in [0.25, 0.3) is 0 Å². The number of anilines is 1. The first kappa shape index (κ1) is 42.6. The van der Waals surface area contributed by atoms with Crippen molar-refractivity contribution in [1.82, 2.24) is 25.9 Å². The SMILES string of the molecule is CC(C)(C)OC(=O)NCCCCC(NC(=O)C(CC1CCCCC1)NC(=O)OCCc1c[nH]c2ccccc12)C(=O)Nc1ccc2c(C(F)(F)F)cc(=O)[nH]c2c1. The fourth-order valence-electron chi connectivity index (χ4n) is 7.08. The number of aromatic nitrogens is 2. The zero-order valence-electron chi connectivity index (χ0n) is 32.4. The lowest BCUT2D eigenvalue weighted by Gasteiger charge is -2.28. The summed E-state index contributed by atoms with van der Waals surface area (Å²) in [5, 5.41) is 11.6. The van der Waals surface area contributed by atoms with Crippen LogP contribution in [0.4, 0.5) is 28.4 Å². The van der Waals surface area contributed by atoms with Crippen molar-refractivity contribution < 1.29 is 41.8 Å². The van der Waals surface area contributed by atoms with E-state index in [-0.39, 0.29) is 42.1 Å². The van der Waals surface area contributed by atoms with Crippen molar-refractivity contribution in [3.63, 3.8) is 0 Å². The van der Waals surface area contributed by atoms with Gasteiger partial charge in [0, 0.05) is 47.2 Å². The number of alkyl halides is 3. The lowest BCUT2D eigenvalue weighted by molar-refractivity contribution is -0.136. The second kappa shape index (κ2) is 19.1. The number of ether oxygens (including phenoxy) is 2. The van der Waals surface area contributed by atoms with Gasteiger partial charge in [-0.2, -0.15) is 13.2 Å². The number of para-hydroxylation sites is 1. The van der Waals surface area contributed by atoms with E-state index in [2.05, 4.69) is 31.2 Å². The molecule has 16 heteroatoms. The van der Waals surface area contributed by atoms with Gasteiger partial charge in [0.05, 0.1) is 17.7 Å². The van der Waals surface area contributed by atoms with Crippen LogP contribution in [0.2, 0.25) is 0 Å². The monoisotopic (exact) mass is 796 g/mol. The van der Waals surface area contributed by atoms with Crippen LogP contribution in [0, 0.1) is 5.92 Å². The number of carbonyl (C=O) groups excluding carboxylic acids is 4. The number of halogens is 3. The summed E-state index contributed by atoms with van der Waals surface area (Å²) in [5.74, 6) is -1.11. The summed E-state index contributed by atoms with van der Waals surface area (Å²) < 4.78 is 51.8. The van der Waals surface area contributed by atoms with E-state index >= 15 is 0 Å². The Morgan fingerprint density at radius 3 is 2.35 bits per heavy atom. The average Bonchev–Trinajstić information content (AvgIpc) is 3.55. The molecule has 2 heterocycles. The molecule has 2 aromatic carbocycles. The molecule has 2 aromatic heterocycles. The third-order valence-electron chi connectivity index (χ3n) is 9.82. The number of fused-ring (bicyclic) bond motifs is 2. The van der Waals surface area contributed by atoms with Crippen LogP contribution in [0.1, 0.15) is 89.7 Å². The summed E-state index contributed by atoms with van der Waals surface area (Å²) in [7, 11) is 0. The average molecular weight is 797 g/mol. The molecule has 0 spiro atoms. The second-order valence-electron chi connectivity index (χ2n) is 15.5. The Hall–Kier alpha value is -5.54. The predicted octanol–water partition coefficient (Wildman–Crippen LogP) is 7.45. The van der Waals surface area contributed by atoms with Gasteiger partial charge in [-0.1, -0.05) is 56.4 Å². The molecule has 0 radical (unpaired) electrons. The van der Waals surface area contributed by atoms with Gasteiger partial charge >= 0.3 is 18.4 Å². The van der Waals surface area contributed by atoms with Crippen LogP contribution in [0.3, 0.4) is 0 Å². The molecule has 0 bridgehead atoms. The molecule has 2 unspecified atom stereocenters. The molecule has 0 aliphatic heterocycles. The normalized spacial score (nSPS) is 14.8. The minimum atomic E-state index is -4.78. The van der Waals surface area contributed by atoms with Crippen molar-refractivity contribution in [3.05, 3.63) is 76.2 Å². The van der Waals surface area contributed by atoms with Gasteiger partial charge in [-0.05, 0) is 76.1 Å². The van der Waals surface area contributed by atoms with Gasteiger partial charge < -0.3 is 40.7 Å². The van der Waals surface area contributed by atoms with E-state index in [1.165, 1.54) is 12.1 Å². The van der Waals surface area contributed by atoms with E-state index in [4.69, 9.17) is 9.47 Å². The highest BCUT2D eigenvalue weighted by Crippen LogP contribution is 2.34. The van der Waals surface area contributed by atoms with Crippen molar-refractivity contribution in [2.45, 2.75) is 109 Å². The van der Waals surface area contributed by atoms with Crippen molar-refractivity contribution in [3.8, 4) is 0 Å². The lowest BCUT2D eigenvalue weighted by atomic mass is 9.84. The van der Waals surface area contributed by atoms with Gasteiger partial charge in [0.1, 0.15) is 17.7 Å². The van der Waals surface area contributed by atoms with E-state index in [0.29, 0.717) is 31.7 Å². The summed E-state index contributed by atoms with van der Waals surface area (Å²) in [6.45, 7) is 5.51. The number of hydrogen-bond acceptors (Lipinski definition) is 7. The summed E-state index contributed by atoms with van der Waals surface area (Å²) in [4.78, 5) is 70.7. The van der Waals surface area contributed by atoms with Gasteiger partial charge in [-0.3, -0.25) is 14.4 Å². The van der Waals surface area contributed by atoms with Crippen LogP contribution in [-0.2, 0) is 31.7 Å². The fourth-order valence-corrected chi connectivity index (χ4v) is 7.08. The number of nitrogens with one attached hydrogen (secondary N) is 6. The van der Waals surface area contributed by atoms with Gasteiger partial charge in [-0.25, -0.2) is 9.59 Å². The number of hydrogen-bond donors (Lipinski definition) is 6. The topological polar surface area (TPSA) is 184 Å². The largest absolute Gasteiger partial charge is 0.449 e. The molecule has 5 rings (SSSR count). The molecule has 6 N–H and O–H groups in total. The smallest absolute Gasteiger partial charge is 0.417 e. The Bertz CT molecular complexity index is 2080. The zero-order valence-corrected chi connectivity index (χ0v) is 32.4. The predicted molar refractivity (Wildman–Crippen MR) is 210 cm³/mol. The number of carbonyl (C=O) groups is 4. The summed E-state index contributed by atoms with van der Waals surface area (Å²) in [6.07, 6.45) is 2.23. The first-order valence-corrected chi connectivity index (χ1v) is 19.4. The second-order valence-corrected chi connectivity index (χ2v) is 15.5. The number of rotatable bonds is 15. The van der Waals surface area contributed by atoms with E-state index in [0.717, 1.165) is 54.6 Å². The van der Waals surface area contributed by atoms with E-state index in [1.54, 1.807) is 20.8 Å². The number of H-pyrrole nitrogens is 2. The Kier molecular flexibility index (Phi) is 14.3. The molecule has 308 valence electrons. The Labute approximate surface area is 328 Å². The number of aromatic amines is 2. The highest BCUT2D eigenvalue weighted by molar-refractivity contribution is 5.99. The standard InChI is InChI=1S/C41H51F3N6O7/c1-40(2,3)57-38(54)45-19-10-9-15-32(36(52)47-27-16-17-29-30(41(42,43)44)23-35(51)48-33(29)22-27)49-37(53)34(21-25-11-5-4-6-12-25)50-39(55)56-20-18-26-24-46-31-14-8-7-13-28(26)31/h7-8,13-14,16-17,22-25,32,34,46H,4-6,9-12,15,18-21H2,1-3H3,(H,45,54)(H,47,52)(H,48,51)(H,49,53)(H,50,55). The minimum Gasteiger partial charge on any atom is -0.449 e. The molecule has 1 fully saturated rings. The maximum atomic E-state index is 14.0. The van der Waals surface area contributed by atoms with E-state index in [9.17, 15) is 37.1 Å². The summed E-state index contributed by atoms with van der Waals surface area (Å²) in [6, 6.07) is 9.71. The molecular weight excluding hydrogens is 745 g/mol. The molecule has 0 saturated heterocycles. The zero-order chi connectivity index (χ0) is 41.2. The number of amides is 4. The Balaban J connectivity index is 1.28. The molecular formula is C41H51F3N6O7. The molecule has 13 nitrogen and oxygen atoms in total. The van der Waals surface area contributed by atoms with Crippen molar-refractivity contribution in [1.29, 1.82) is 0 Å². The maximum Gasteiger partial charge on any atom is 0.417 e.